The van der Waals surface area contributed by atoms with Crippen LogP contribution in [0.15, 0.2) is 18.2 Å². The molecule has 1 aromatic carbocycles. The van der Waals surface area contributed by atoms with Gasteiger partial charge in [-0.1, -0.05) is 13.8 Å². The van der Waals surface area contributed by atoms with Crippen molar-refractivity contribution in [3.8, 4) is 5.75 Å². The van der Waals surface area contributed by atoms with Crippen LogP contribution in [-0.2, 0) is 6.42 Å². The van der Waals surface area contributed by atoms with Crippen LogP contribution in [-0.4, -0.2) is 37.4 Å². The zero-order valence-electron chi connectivity index (χ0n) is 13.5. The van der Waals surface area contributed by atoms with E-state index in [1.165, 1.54) is 12.8 Å². The average molecular weight is 289 g/mol. The highest BCUT2D eigenvalue weighted by atomic mass is 16.5. The van der Waals surface area contributed by atoms with E-state index in [4.69, 9.17) is 4.74 Å². The molecule has 1 saturated heterocycles. The smallest absolute Gasteiger partial charge is 0.164 e. The van der Waals surface area contributed by atoms with Gasteiger partial charge in [0.1, 0.15) is 5.75 Å². The molecule has 0 saturated carbocycles. The highest BCUT2D eigenvalue weighted by molar-refractivity contribution is 5.96. The van der Waals surface area contributed by atoms with E-state index in [2.05, 4.69) is 18.7 Å². The van der Waals surface area contributed by atoms with Crippen LogP contribution in [0.5, 0.6) is 5.75 Å². The monoisotopic (exact) mass is 289 g/mol. The fourth-order valence-corrected chi connectivity index (χ4v) is 3.12. The summed E-state index contributed by atoms with van der Waals surface area (Å²) in [6.45, 7) is 7.54. The summed E-state index contributed by atoms with van der Waals surface area (Å²) >= 11 is 0. The Morgan fingerprint density at radius 1 is 1.43 bits per heavy atom. The van der Waals surface area contributed by atoms with Gasteiger partial charge in [-0.15, -0.1) is 0 Å². The number of carbonyl (C=O) groups is 1. The van der Waals surface area contributed by atoms with Gasteiger partial charge in [0.05, 0.1) is 7.11 Å². The van der Waals surface area contributed by atoms with Crippen LogP contribution < -0.4 is 4.74 Å². The molecular weight excluding hydrogens is 262 g/mol. The summed E-state index contributed by atoms with van der Waals surface area (Å²) < 4.78 is 5.32. The van der Waals surface area contributed by atoms with Crippen LogP contribution in [0, 0.1) is 5.92 Å². The molecule has 1 aliphatic rings. The number of carbonyl (C=O) groups excluding carboxylic acids is 1. The second kappa shape index (κ2) is 7.60. The minimum atomic E-state index is 0.241. The van der Waals surface area contributed by atoms with Crippen molar-refractivity contribution in [1.82, 2.24) is 4.90 Å². The highest BCUT2D eigenvalue weighted by Crippen LogP contribution is 2.21. The van der Waals surface area contributed by atoms with Crippen molar-refractivity contribution in [3.05, 3.63) is 29.3 Å². The molecule has 3 heteroatoms. The molecule has 0 aliphatic carbocycles. The van der Waals surface area contributed by atoms with E-state index in [1.807, 2.05) is 18.2 Å². The fourth-order valence-electron chi connectivity index (χ4n) is 3.12. The van der Waals surface area contributed by atoms with E-state index in [9.17, 15) is 4.79 Å². The third-order valence-electron chi connectivity index (χ3n) is 4.38. The standard InChI is InChI=1S/C18H27NO2/c1-4-15-12-16(7-8-18(15)21-3)17(20)9-11-19-10-5-6-14(2)13-19/h7-8,12,14H,4-6,9-11,13H2,1-3H3. The molecule has 1 atom stereocenters. The van der Waals surface area contributed by atoms with Crippen molar-refractivity contribution in [3.63, 3.8) is 0 Å². The molecule has 0 radical (unpaired) electrons. The number of ketones is 1. The maximum Gasteiger partial charge on any atom is 0.164 e. The lowest BCUT2D eigenvalue weighted by Gasteiger charge is -2.30. The summed E-state index contributed by atoms with van der Waals surface area (Å²) in [4.78, 5) is 14.8. The number of Topliss-reactive ketones (excluding diaryl/α,β-unsaturated/α-hetero) is 1. The lowest BCUT2D eigenvalue weighted by Crippen LogP contribution is -2.35. The number of hydrogen-bond acceptors (Lipinski definition) is 3. The van der Waals surface area contributed by atoms with E-state index in [0.717, 1.165) is 48.8 Å². The summed E-state index contributed by atoms with van der Waals surface area (Å²) in [6, 6.07) is 5.79. The Labute approximate surface area is 128 Å². The second-order valence-corrected chi connectivity index (χ2v) is 6.10. The van der Waals surface area contributed by atoms with Crippen molar-refractivity contribution < 1.29 is 9.53 Å². The molecule has 1 fully saturated rings. The lowest BCUT2D eigenvalue weighted by molar-refractivity contribution is 0.0949. The molecule has 0 amide bonds. The van der Waals surface area contributed by atoms with Gasteiger partial charge in [0, 0.05) is 25.1 Å². The summed E-state index contributed by atoms with van der Waals surface area (Å²) in [6.07, 6.45) is 4.08. The van der Waals surface area contributed by atoms with Crippen LogP contribution in [0.2, 0.25) is 0 Å². The summed E-state index contributed by atoms with van der Waals surface area (Å²) in [5.74, 6) is 1.88. The van der Waals surface area contributed by atoms with Gasteiger partial charge in [-0.3, -0.25) is 4.79 Å². The molecule has 0 spiro atoms. The van der Waals surface area contributed by atoms with Gasteiger partial charge in [0.15, 0.2) is 5.78 Å². The molecule has 1 aliphatic heterocycles. The number of nitrogens with zero attached hydrogens (tertiary/aromatic N) is 1. The number of likely N-dealkylation sites (tertiary alicyclic amines) is 1. The van der Waals surface area contributed by atoms with E-state index in [-0.39, 0.29) is 5.78 Å². The van der Waals surface area contributed by atoms with Crippen molar-refractivity contribution in [1.29, 1.82) is 0 Å². The SMILES string of the molecule is CCc1cc(C(=O)CCN2CCCC(C)C2)ccc1OC. The summed E-state index contributed by atoms with van der Waals surface area (Å²) in [5.41, 5.74) is 1.92. The van der Waals surface area contributed by atoms with Gasteiger partial charge in [0.2, 0.25) is 0 Å². The molecule has 0 N–H and O–H groups in total. The van der Waals surface area contributed by atoms with Crippen molar-refractivity contribution in [2.45, 2.75) is 39.5 Å². The molecule has 21 heavy (non-hydrogen) atoms. The quantitative estimate of drug-likeness (QED) is 0.750. The van der Waals surface area contributed by atoms with Crippen LogP contribution in [0.1, 0.15) is 49.0 Å². The Hall–Kier alpha value is -1.35. The Bertz CT molecular complexity index is 484. The maximum absolute atomic E-state index is 12.4. The molecule has 3 nitrogen and oxygen atoms in total. The van der Waals surface area contributed by atoms with Crippen LogP contribution in [0.25, 0.3) is 0 Å². The number of piperidine rings is 1. The zero-order chi connectivity index (χ0) is 15.2. The minimum Gasteiger partial charge on any atom is -0.496 e. The Morgan fingerprint density at radius 2 is 2.24 bits per heavy atom. The highest BCUT2D eigenvalue weighted by Gasteiger charge is 2.17. The Kier molecular flexibility index (Phi) is 5.80. The predicted octanol–water partition coefficient (Wildman–Crippen LogP) is 3.56. The van der Waals surface area contributed by atoms with E-state index in [0.29, 0.717) is 6.42 Å². The summed E-state index contributed by atoms with van der Waals surface area (Å²) in [5, 5.41) is 0. The number of benzene rings is 1. The van der Waals surface area contributed by atoms with Gasteiger partial charge < -0.3 is 9.64 Å². The Morgan fingerprint density at radius 3 is 2.90 bits per heavy atom. The summed E-state index contributed by atoms with van der Waals surface area (Å²) in [7, 11) is 1.67. The number of methoxy groups -OCH3 is 1. The van der Waals surface area contributed by atoms with Gasteiger partial charge in [-0.2, -0.15) is 0 Å². The number of hydrogen-bond donors (Lipinski definition) is 0. The molecule has 1 unspecified atom stereocenters. The van der Waals surface area contributed by atoms with Crippen LogP contribution in [0.4, 0.5) is 0 Å². The first-order valence-corrected chi connectivity index (χ1v) is 8.06. The van der Waals surface area contributed by atoms with Crippen LogP contribution >= 0.6 is 0 Å². The van der Waals surface area contributed by atoms with Gasteiger partial charge in [-0.05, 0) is 55.5 Å². The molecule has 0 bridgehead atoms. The predicted molar refractivity (Wildman–Crippen MR) is 86.2 cm³/mol. The van der Waals surface area contributed by atoms with Gasteiger partial charge in [0.25, 0.3) is 0 Å². The number of ether oxygens (including phenoxy) is 1. The van der Waals surface area contributed by atoms with E-state index in [1.54, 1.807) is 7.11 Å². The van der Waals surface area contributed by atoms with Gasteiger partial charge >= 0.3 is 0 Å². The van der Waals surface area contributed by atoms with Crippen molar-refractivity contribution in [2.24, 2.45) is 5.92 Å². The molecule has 1 heterocycles. The largest absolute Gasteiger partial charge is 0.496 e. The van der Waals surface area contributed by atoms with E-state index >= 15 is 0 Å². The zero-order valence-corrected chi connectivity index (χ0v) is 13.5. The lowest BCUT2D eigenvalue weighted by atomic mass is 9.99. The van der Waals surface area contributed by atoms with Crippen LogP contribution in [0.3, 0.4) is 0 Å². The molecule has 116 valence electrons. The molecular formula is C18H27NO2. The molecule has 0 aromatic heterocycles. The molecule has 1 aromatic rings. The third-order valence-corrected chi connectivity index (χ3v) is 4.38. The first kappa shape index (κ1) is 16.0. The second-order valence-electron chi connectivity index (χ2n) is 6.10. The Balaban J connectivity index is 1.93. The first-order valence-electron chi connectivity index (χ1n) is 8.06. The topological polar surface area (TPSA) is 29.5 Å². The number of aryl methyl sites for hydroxylation is 1. The normalized spacial score (nSPS) is 19.5. The average Bonchev–Trinajstić information content (AvgIpc) is 2.52. The van der Waals surface area contributed by atoms with Crippen molar-refractivity contribution in [2.75, 3.05) is 26.7 Å². The molecule has 2 rings (SSSR count). The first-order chi connectivity index (χ1) is 10.1. The minimum absolute atomic E-state index is 0.241. The number of rotatable bonds is 6. The third kappa shape index (κ3) is 4.31. The van der Waals surface area contributed by atoms with Crippen molar-refractivity contribution >= 4 is 5.78 Å². The van der Waals surface area contributed by atoms with Gasteiger partial charge in [-0.25, -0.2) is 0 Å². The maximum atomic E-state index is 12.4. The van der Waals surface area contributed by atoms with E-state index < -0.39 is 0 Å². The fraction of sp³-hybridized carbons (Fsp3) is 0.611.